The van der Waals surface area contributed by atoms with Gasteiger partial charge in [-0.05, 0) is 63.5 Å². The number of hydrogen-bond donors (Lipinski definition) is 2. The second-order valence-electron chi connectivity index (χ2n) is 6.17. The van der Waals surface area contributed by atoms with E-state index in [2.05, 4.69) is 17.6 Å². The lowest BCUT2D eigenvalue weighted by Gasteiger charge is -2.30. The van der Waals surface area contributed by atoms with Crippen molar-refractivity contribution in [2.45, 2.75) is 43.4 Å². The third kappa shape index (κ3) is 4.68. The van der Waals surface area contributed by atoms with E-state index in [-0.39, 0.29) is 29.3 Å². The summed E-state index contributed by atoms with van der Waals surface area (Å²) >= 11 is 0. The Hall–Kier alpha value is -1.11. The standard InChI is InChI=1S/C16H24N2O3S.ClH/c1-11(2)22(20,21)14-6-4-13(5-7-14)16(19)18-15-8-9-17-10-12(15)3;/h4-7,11-12,15,17H,8-10H2,1-3H3,(H,18,19);1H. The van der Waals surface area contributed by atoms with Gasteiger partial charge in [-0.2, -0.15) is 0 Å². The molecule has 2 unspecified atom stereocenters. The number of amides is 1. The fraction of sp³-hybridized carbons (Fsp3) is 0.562. The van der Waals surface area contributed by atoms with Crippen LogP contribution >= 0.6 is 12.4 Å². The van der Waals surface area contributed by atoms with Gasteiger partial charge >= 0.3 is 0 Å². The highest BCUT2D eigenvalue weighted by atomic mass is 35.5. The normalized spacial score (nSPS) is 21.6. The third-order valence-electron chi connectivity index (χ3n) is 4.17. The van der Waals surface area contributed by atoms with E-state index in [1.165, 1.54) is 12.1 Å². The lowest BCUT2D eigenvalue weighted by Crippen LogP contribution is -2.48. The summed E-state index contributed by atoms with van der Waals surface area (Å²) in [4.78, 5) is 12.5. The molecule has 1 saturated heterocycles. The molecular formula is C16H25ClN2O3S. The summed E-state index contributed by atoms with van der Waals surface area (Å²) < 4.78 is 24.1. The molecule has 0 spiro atoms. The highest BCUT2D eigenvalue weighted by molar-refractivity contribution is 7.92. The van der Waals surface area contributed by atoms with Gasteiger partial charge in [0.05, 0.1) is 10.1 Å². The number of piperidine rings is 1. The van der Waals surface area contributed by atoms with Crippen molar-refractivity contribution in [2.24, 2.45) is 5.92 Å². The predicted molar refractivity (Wildman–Crippen MR) is 93.9 cm³/mol. The van der Waals surface area contributed by atoms with Crippen LogP contribution in [0.2, 0.25) is 0 Å². The van der Waals surface area contributed by atoms with Crippen LogP contribution in [-0.2, 0) is 9.84 Å². The van der Waals surface area contributed by atoms with Gasteiger partial charge in [-0.15, -0.1) is 12.4 Å². The number of hydrogen-bond acceptors (Lipinski definition) is 4. The highest BCUT2D eigenvalue weighted by Crippen LogP contribution is 2.17. The summed E-state index contributed by atoms with van der Waals surface area (Å²) in [7, 11) is -3.30. The maximum atomic E-state index is 12.3. The van der Waals surface area contributed by atoms with Gasteiger partial charge in [0.1, 0.15) is 0 Å². The fourth-order valence-electron chi connectivity index (χ4n) is 2.55. The number of carbonyl (C=O) groups excluding carboxylic acids is 1. The van der Waals surface area contributed by atoms with E-state index in [0.29, 0.717) is 11.5 Å². The topological polar surface area (TPSA) is 75.3 Å². The number of halogens is 1. The first-order valence-corrected chi connectivity index (χ1v) is 9.22. The van der Waals surface area contributed by atoms with Gasteiger partial charge in [-0.25, -0.2) is 8.42 Å². The lowest BCUT2D eigenvalue weighted by molar-refractivity contribution is 0.0914. The van der Waals surface area contributed by atoms with Crippen LogP contribution in [0.4, 0.5) is 0 Å². The molecule has 0 radical (unpaired) electrons. The van der Waals surface area contributed by atoms with Crippen molar-refractivity contribution in [1.82, 2.24) is 10.6 Å². The van der Waals surface area contributed by atoms with Gasteiger partial charge in [-0.1, -0.05) is 6.92 Å². The van der Waals surface area contributed by atoms with E-state index in [9.17, 15) is 13.2 Å². The third-order valence-corrected chi connectivity index (χ3v) is 6.34. The van der Waals surface area contributed by atoms with Crippen LogP contribution in [0.15, 0.2) is 29.2 Å². The zero-order valence-corrected chi connectivity index (χ0v) is 15.3. The van der Waals surface area contributed by atoms with Crippen molar-refractivity contribution in [3.63, 3.8) is 0 Å². The Balaban J connectivity index is 0.00000264. The minimum atomic E-state index is -3.30. The molecule has 2 rings (SSSR count). The van der Waals surface area contributed by atoms with E-state index < -0.39 is 15.1 Å². The number of rotatable bonds is 4. The quantitative estimate of drug-likeness (QED) is 0.861. The molecule has 2 atom stereocenters. The number of sulfone groups is 1. The van der Waals surface area contributed by atoms with Crippen molar-refractivity contribution in [1.29, 1.82) is 0 Å². The van der Waals surface area contributed by atoms with E-state index in [1.807, 2.05) is 0 Å². The van der Waals surface area contributed by atoms with Gasteiger partial charge < -0.3 is 10.6 Å². The first-order valence-electron chi connectivity index (χ1n) is 7.68. The average molecular weight is 361 g/mol. The molecule has 0 saturated carbocycles. The molecular weight excluding hydrogens is 336 g/mol. The Morgan fingerprint density at radius 3 is 2.39 bits per heavy atom. The fourth-order valence-corrected chi connectivity index (χ4v) is 3.61. The van der Waals surface area contributed by atoms with Crippen LogP contribution in [0.25, 0.3) is 0 Å². The molecule has 0 aromatic heterocycles. The second-order valence-corrected chi connectivity index (χ2v) is 8.67. The van der Waals surface area contributed by atoms with Gasteiger partial charge in [0, 0.05) is 11.6 Å². The molecule has 2 N–H and O–H groups in total. The van der Waals surface area contributed by atoms with Crippen LogP contribution in [0.1, 0.15) is 37.6 Å². The van der Waals surface area contributed by atoms with E-state index in [0.717, 1.165) is 19.5 Å². The zero-order chi connectivity index (χ0) is 16.3. The largest absolute Gasteiger partial charge is 0.349 e. The predicted octanol–water partition coefficient (Wildman–Crippen LogP) is 2.02. The summed E-state index contributed by atoms with van der Waals surface area (Å²) in [5, 5.41) is 5.86. The SMILES string of the molecule is CC1CNCCC1NC(=O)c1ccc(S(=O)(=O)C(C)C)cc1.Cl. The Labute approximate surface area is 144 Å². The summed E-state index contributed by atoms with van der Waals surface area (Å²) in [6, 6.07) is 6.34. The summed E-state index contributed by atoms with van der Waals surface area (Å²) in [6.07, 6.45) is 0.909. The molecule has 1 aromatic rings. The van der Waals surface area contributed by atoms with Crippen molar-refractivity contribution in [3.05, 3.63) is 29.8 Å². The van der Waals surface area contributed by atoms with Crippen molar-refractivity contribution < 1.29 is 13.2 Å². The number of nitrogens with one attached hydrogen (secondary N) is 2. The summed E-state index contributed by atoms with van der Waals surface area (Å²) in [5.74, 6) is 0.241. The first kappa shape index (κ1) is 19.9. The van der Waals surface area contributed by atoms with E-state index in [4.69, 9.17) is 0 Å². The minimum absolute atomic E-state index is 0. The molecule has 5 nitrogen and oxygen atoms in total. The maximum absolute atomic E-state index is 12.3. The van der Waals surface area contributed by atoms with E-state index in [1.54, 1.807) is 26.0 Å². The van der Waals surface area contributed by atoms with Crippen molar-refractivity contribution >= 4 is 28.2 Å². The Bertz CT molecular complexity index is 629. The number of carbonyl (C=O) groups is 1. The lowest BCUT2D eigenvalue weighted by atomic mass is 9.95. The molecule has 130 valence electrons. The monoisotopic (exact) mass is 360 g/mol. The van der Waals surface area contributed by atoms with Crippen molar-refractivity contribution in [3.8, 4) is 0 Å². The summed E-state index contributed by atoms with van der Waals surface area (Å²) in [5.41, 5.74) is 0.494. The van der Waals surface area contributed by atoms with Crippen LogP contribution in [0.5, 0.6) is 0 Å². The van der Waals surface area contributed by atoms with Crippen LogP contribution in [-0.4, -0.2) is 38.7 Å². The first-order chi connectivity index (χ1) is 10.3. The van der Waals surface area contributed by atoms with Crippen LogP contribution < -0.4 is 10.6 Å². The van der Waals surface area contributed by atoms with Gasteiger partial charge in [0.15, 0.2) is 9.84 Å². The zero-order valence-electron chi connectivity index (χ0n) is 13.7. The average Bonchev–Trinajstić information content (AvgIpc) is 2.49. The molecule has 7 heteroatoms. The Kier molecular flexibility index (Phi) is 7.04. The molecule has 1 aliphatic heterocycles. The van der Waals surface area contributed by atoms with Gasteiger partial charge in [0.2, 0.25) is 0 Å². The molecule has 1 aliphatic rings. The molecule has 0 bridgehead atoms. The van der Waals surface area contributed by atoms with Crippen LogP contribution in [0.3, 0.4) is 0 Å². The smallest absolute Gasteiger partial charge is 0.251 e. The highest BCUT2D eigenvalue weighted by Gasteiger charge is 2.23. The Morgan fingerprint density at radius 1 is 1.26 bits per heavy atom. The van der Waals surface area contributed by atoms with Crippen molar-refractivity contribution in [2.75, 3.05) is 13.1 Å². The minimum Gasteiger partial charge on any atom is -0.349 e. The molecule has 1 heterocycles. The van der Waals surface area contributed by atoms with Crippen LogP contribution in [0, 0.1) is 5.92 Å². The van der Waals surface area contributed by atoms with Gasteiger partial charge in [0.25, 0.3) is 5.91 Å². The Morgan fingerprint density at radius 2 is 1.87 bits per heavy atom. The number of benzene rings is 1. The molecule has 1 fully saturated rings. The second kappa shape index (κ2) is 8.13. The molecule has 1 amide bonds. The molecule has 0 aliphatic carbocycles. The van der Waals surface area contributed by atoms with Gasteiger partial charge in [-0.3, -0.25) is 4.79 Å². The maximum Gasteiger partial charge on any atom is 0.251 e. The molecule has 23 heavy (non-hydrogen) atoms. The van der Waals surface area contributed by atoms with E-state index >= 15 is 0 Å². The summed E-state index contributed by atoms with van der Waals surface area (Å²) in [6.45, 7) is 7.20. The molecule has 1 aromatic carbocycles.